The fourth-order valence-corrected chi connectivity index (χ4v) is 4.99. The van der Waals surface area contributed by atoms with Crippen LogP contribution in [0.2, 0.25) is 0 Å². The first kappa shape index (κ1) is 21.2. The number of sulfonamides is 1. The first-order valence-electron chi connectivity index (χ1n) is 9.38. The predicted molar refractivity (Wildman–Crippen MR) is 118 cm³/mol. The van der Waals surface area contributed by atoms with E-state index in [1.807, 2.05) is 17.5 Å². The van der Waals surface area contributed by atoms with E-state index in [1.54, 1.807) is 31.2 Å². The average molecular weight is 457 g/mol. The van der Waals surface area contributed by atoms with Gasteiger partial charge in [0.15, 0.2) is 0 Å². The number of carbonyl (C=O) groups excluding carboxylic acids is 1. The van der Waals surface area contributed by atoms with Gasteiger partial charge < -0.3 is 9.84 Å². The van der Waals surface area contributed by atoms with Gasteiger partial charge in [-0.2, -0.15) is 0 Å². The number of benzene rings is 1. The molecule has 0 saturated heterocycles. The van der Waals surface area contributed by atoms with Crippen molar-refractivity contribution < 1.29 is 17.7 Å². The van der Waals surface area contributed by atoms with Gasteiger partial charge in [-0.05, 0) is 36.1 Å². The Morgan fingerprint density at radius 3 is 2.68 bits per heavy atom. The lowest BCUT2D eigenvalue weighted by Crippen LogP contribution is -2.27. The minimum atomic E-state index is -3.64. The summed E-state index contributed by atoms with van der Waals surface area (Å²) < 4.78 is 31.7. The molecular formula is C21H20N4O4S2. The van der Waals surface area contributed by atoms with Crippen molar-refractivity contribution >= 4 is 38.4 Å². The summed E-state index contributed by atoms with van der Waals surface area (Å²) in [5, 5.41) is 9.24. The maximum atomic E-state index is 13.1. The summed E-state index contributed by atoms with van der Waals surface area (Å²) in [5.41, 5.74) is 2.32. The van der Waals surface area contributed by atoms with Crippen molar-refractivity contribution in [3.8, 4) is 10.6 Å². The van der Waals surface area contributed by atoms with Crippen LogP contribution in [0.25, 0.3) is 21.7 Å². The number of carbonyl (C=O) groups is 1. The zero-order valence-electron chi connectivity index (χ0n) is 17.1. The molecule has 0 unspecified atom stereocenters. The molecule has 1 N–H and O–H groups in total. The Balaban J connectivity index is 1.69. The normalized spacial score (nSPS) is 11.9. The highest BCUT2D eigenvalue weighted by molar-refractivity contribution is 7.89. The molecule has 0 saturated carbocycles. The second-order valence-corrected chi connectivity index (χ2v) is 10.1. The van der Waals surface area contributed by atoms with Crippen LogP contribution in [0, 0.1) is 6.92 Å². The lowest BCUT2D eigenvalue weighted by molar-refractivity contribution is 0.0952. The Morgan fingerprint density at radius 1 is 1.19 bits per heavy atom. The largest absolute Gasteiger partial charge is 0.348 e. The summed E-state index contributed by atoms with van der Waals surface area (Å²) >= 11 is 1.50. The highest BCUT2D eigenvalue weighted by Gasteiger charge is 2.23. The summed E-state index contributed by atoms with van der Waals surface area (Å²) in [6.45, 7) is 1.79. The van der Waals surface area contributed by atoms with Crippen molar-refractivity contribution in [2.24, 2.45) is 0 Å². The molecule has 31 heavy (non-hydrogen) atoms. The van der Waals surface area contributed by atoms with Gasteiger partial charge >= 0.3 is 0 Å². The SMILES string of the molecule is Cc1noc2nc(-c3cccs3)cc(C(=O)NCc3ccccc3S(=O)(=O)N(C)C)c12. The summed E-state index contributed by atoms with van der Waals surface area (Å²) in [6, 6.07) is 12.1. The molecule has 1 aromatic carbocycles. The van der Waals surface area contributed by atoms with E-state index in [0.717, 1.165) is 9.18 Å². The van der Waals surface area contributed by atoms with Gasteiger partial charge in [-0.25, -0.2) is 17.7 Å². The highest BCUT2D eigenvalue weighted by atomic mass is 32.2. The Kier molecular flexibility index (Phi) is 5.61. The van der Waals surface area contributed by atoms with Gasteiger partial charge in [0.25, 0.3) is 11.6 Å². The van der Waals surface area contributed by atoms with Crippen molar-refractivity contribution in [2.75, 3.05) is 14.1 Å². The van der Waals surface area contributed by atoms with Crippen molar-refractivity contribution in [3.63, 3.8) is 0 Å². The molecule has 3 aromatic heterocycles. The Hall–Kier alpha value is -3.08. The number of nitrogens with zero attached hydrogens (tertiary/aromatic N) is 3. The number of amides is 1. The van der Waals surface area contributed by atoms with Crippen LogP contribution in [-0.4, -0.2) is 42.9 Å². The van der Waals surface area contributed by atoms with E-state index >= 15 is 0 Å². The van der Waals surface area contributed by atoms with Gasteiger partial charge in [0.05, 0.1) is 32.1 Å². The molecule has 10 heteroatoms. The van der Waals surface area contributed by atoms with Crippen molar-refractivity contribution in [1.29, 1.82) is 0 Å². The smallest absolute Gasteiger partial charge is 0.259 e. The van der Waals surface area contributed by atoms with Gasteiger partial charge in [0.2, 0.25) is 10.0 Å². The molecule has 0 aliphatic carbocycles. The van der Waals surface area contributed by atoms with E-state index in [9.17, 15) is 13.2 Å². The lowest BCUT2D eigenvalue weighted by atomic mass is 10.1. The third kappa shape index (κ3) is 3.97. The number of hydrogen-bond donors (Lipinski definition) is 1. The average Bonchev–Trinajstić information content (AvgIpc) is 3.42. The zero-order chi connectivity index (χ0) is 22.2. The fourth-order valence-electron chi connectivity index (χ4n) is 3.19. The van der Waals surface area contributed by atoms with Crippen LogP contribution in [0.3, 0.4) is 0 Å². The van der Waals surface area contributed by atoms with Gasteiger partial charge in [0.1, 0.15) is 0 Å². The molecule has 1 amide bonds. The van der Waals surface area contributed by atoms with Crippen LogP contribution in [-0.2, 0) is 16.6 Å². The number of thiophene rings is 1. The van der Waals surface area contributed by atoms with E-state index in [1.165, 1.54) is 31.5 Å². The van der Waals surface area contributed by atoms with Crippen LogP contribution < -0.4 is 5.32 Å². The molecule has 4 rings (SSSR count). The fraction of sp³-hybridized carbons (Fsp3) is 0.190. The Morgan fingerprint density at radius 2 is 1.97 bits per heavy atom. The molecule has 160 valence electrons. The predicted octanol–water partition coefficient (Wildman–Crippen LogP) is 3.44. The molecule has 0 aliphatic heterocycles. The Labute approximate surface area is 183 Å². The van der Waals surface area contributed by atoms with Gasteiger partial charge in [0, 0.05) is 20.6 Å². The standard InChI is InChI=1S/C21H20N4O4S2/c1-13-19-15(11-16(17-8-6-10-30-17)23-21(19)29-24-13)20(26)22-12-14-7-4-5-9-18(14)31(27,28)25(2)3/h4-11H,12H2,1-3H3,(H,22,26). The van der Waals surface area contributed by atoms with Crippen LogP contribution in [0.4, 0.5) is 0 Å². The molecule has 0 fully saturated rings. The highest BCUT2D eigenvalue weighted by Crippen LogP contribution is 2.29. The number of aryl methyl sites for hydroxylation is 1. The summed E-state index contributed by atoms with van der Waals surface area (Å²) in [5.74, 6) is -0.367. The monoisotopic (exact) mass is 456 g/mol. The zero-order valence-corrected chi connectivity index (χ0v) is 18.8. The second-order valence-electron chi connectivity index (χ2n) is 7.06. The minimum absolute atomic E-state index is 0.0462. The maximum Gasteiger partial charge on any atom is 0.259 e. The molecule has 4 aromatic rings. The number of fused-ring (bicyclic) bond motifs is 1. The van der Waals surface area contributed by atoms with E-state index in [-0.39, 0.29) is 23.1 Å². The number of hydrogen-bond acceptors (Lipinski definition) is 7. The van der Waals surface area contributed by atoms with E-state index < -0.39 is 10.0 Å². The van der Waals surface area contributed by atoms with Gasteiger partial charge in [-0.1, -0.05) is 29.4 Å². The molecule has 8 nitrogen and oxygen atoms in total. The lowest BCUT2D eigenvalue weighted by Gasteiger charge is -2.15. The van der Waals surface area contributed by atoms with E-state index in [2.05, 4.69) is 15.5 Å². The first-order valence-corrected chi connectivity index (χ1v) is 11.7. The number of rotatable bonds is 6. The molecular weight excluding hydrogens is 436 g/mol. The summed E-state index contributed by atoms with van der Waals surface area (Å²) in [6.07, 6.45) is 0. The minimum Gasteiger partial charge on any atom is -0.348 e. The van der Waals surface area contributed by atoms with Crippen molar-refractivity contribution in [3.05, 3.63) is 64.7 Å². The van der Waals surface area contributed by atoms with Crippen LogP contribution in [0.1, 0.15) is 21.6 Å². The third-order valence-electron chi connectivity index (χ3n) is 4.81. The van der Waals surface area contributed by atoms with Crippen LogP contribution in [0.5, 0.6) is 0 Å². The number of aromatic nitrogens is 2. The summed E-state index contributed by atoms with van der Waals surface area (Å²) in [7, 11) is -0.698. The van der Waals surface area contributed by atoms with Gasteiger partial charge in [-0.3, -0.25) is 4.79 Å². The van der Waals surface area contributed by atoms with Gasteiger partial charge in [-0.15, -0.1) is 11.3 Å². The van der Waals surface area contributed by atoms with Crippen LogP contribution >= 0.6 is 11.3 Å². The molecule has 0 aliphatic rings. The quantitative estimate of drug-likeness (QED) is 0.476. The van der Waals surface area contributed by atoms with E-state index in [4.69, 9.17) is 4.52 Å². The molecule has 0 radical (unpaired) electrons. The molecule has 0 atom stereocenters. The maximum absolute atomic E-state index is 13.1. The summed E-state index contributed by atoms with van der Waals surface area (Å²) in [4.78, 5) is 18.7. The third-order valence-corrected chi connectivity index (χ3v) is 7.61. The van der Waals surface area contributed by atoms with Crippen molar-refractivity contribution in [2.45, 2.75) is 18.4 Å². The van der Waals surface area contributed by atoms with Crippen molar-refractivity contribution in [1.82, 2.24) is 19.8 Å². The molecule has 3 heterocycles. The number of pyridine rings is 1. The molecule has 0 bridgehead atoms. The number of nitrogens with one attached hydrogen (secondary N) is 1. The first-order chi connectivity index (χ1) is 14.8. The van der Waals surface area contributed by atoms with E-state index in [0.29, 0.717) is 27.9 Å². The second kappa shape index (κ2) is 8.22. The Bertz CT molecular complexity index is 1360. The van der Waals surface area contributed by atoms with Crippen LogP contribution in [0.15, 0.2) is 57.3 Å². The molecule has 0 spiro atoms. The topological polar surface area (TPSA) is 105 Å².